The van der Waals surface area contributed by atoms with Gasteiger partial charge in [-0.2, -0.15) is 5.26 Å². The molecular formula is C13H13N5O3S. The molecule has 114 valence electrons. The molecule has 9 heteroatoms. The second-order valence-corrected chi connectivity index (χ2v) is 6.72. The van der Waals surface area contributed by atoms with Crippen LogP contribution in [-0.4, -0.2) is 48.1 Å². The molecule has 1 aromatic carbocycles. The molecule has 0 radical (unpaired) electrons. The first kappa shape index (κ1) is 15.8. The number of aldehydes is 1. The van der Waals surface area contributed by atoms with E-state index in [4.69, 9.17) is 5.26 Å². The van der Waals surface area contributed by atoms with E-state index in [1.54, 1.807) is 12.1 Å². The molecule has 0 bridgehead atoms. The van der Waals surface area contributed by atoms with E-state index in [1.165, 1.54) is 30.9 Å². The summed E-state index contributed by atoms with van der Waals surface area (Å²) in [7, 11) is -0.637. The minimum absolute atomic E-state index is 0.0616. The van der Waals surface area contributed by atoms with E-state index in [9.17, 15) is 13.2 Å². The Morgan fingerprint density at radius 2 is 1.95 bits per heavy atom. The highest BCUT2D eigenvalue weighted by atomic mass is 32.2. The molecule has 0 aliphatic heterocycles. The van der Waals surface area contributed by atoms with Gasteiger partial charge in [0.15, 0.2) is 12.0 Å². The topological polar surface area (TPSA) is 109 Å². The Labute approximate surface area is 127 Å². The van der Waals surface area contributed by atoms with Crippen molar-refractivity contribution >= 4 is 16.3 Å². The molecule has 0 atom stereocenters. The highest BCUT2D eigenvalue weighted by Crippen LogP contribution is 2.23. The van der Waals surface area contributed by atoms with Crippen LogP contribution in [0.3, 0.4) is 0 Å². The zero-order valence-electron chi connectivity index (χ0n) is 12.0. The molecule has 0 aliphatic rings. The number of sulfonamides is 1. The van der Waals surface area contributed by atoms with Crippen molar-refractivity contribution in [3.05, 3.63) is 30.0 Å². The largest absolute Gasteiger partial charge is 0.296 e. The van der Waals surface area contributed by atoms with Gasteiger partial charge < -0.3 is 0 Å². The van der Waals surface area contributed by atoms with Gasteiger partial charge in [-0.3, -0.25) is 4.79 Å². The predicted molar refractivity (Wildman–Crippen MR) is 77.3 cm³/mol. The standard InChI is InChI=1S/C13H13N5O3S/c1-17(2)22(20,21)11-5-3-10(4-6-11)13-12(9-19)15-16-18(13)8-7-14/h3-6,9H,8H2,1-2H3. The molecule has 0 aliphatic carbocycles. The summed E-state index contributed by atoms with van der Waals surface area (Å²) in [5.41, 5.74) is 1.03. The molecular weight excluding hydrogens is 306 g/mol. The molecule has 2 aromatic rings. The van der Waals surface area contributed by atoms with Crippen LogP contribution in [0.1, 0.15) is 10.5 Å². The Hall–Kier alpha value is -2.57. The number of hydrogen-bond acceptors (Lipinski definition) is 6. The van der Waals surface area contributed by atoms with Gasteiger partial charge >= 0.3 is 0 Å². The van der Waals surface area contributed by atoms with Crippen LogP contribution in [0.5, 0.6) is 0 Å². The summed E-state index contributed by atoms with van der Waals surface area (Å²) in [6, 6.07) is 7.89. The highest BCUT2D eigenvalue weighted by Gasteiger charge is 2.19. The van der Waals surface area contributed by atoms with Crippen molar-refractivity contribution in [2.45, 2.75) is 11.4 Å². The highest BCUT2D eigenvalue weighted by molar-refractivity contribution is 7.89. The summed E-state index contributed by atoms with van der Waals surface area (Å²) < 4.78 is 26.4. The second-order valence-electron chi connectivity index (χ2n) is 4.57. The number of carbonyl (C=O) groups excluding carboxylic acids is 1. The lowest BCUT2D eigenvalue weighted by molar-refractivity contribution is 0.111. The third-order valence-electron chi connectivity index (χ3n) is 3.00. The predicted octanol–water partition coefficient (Wildman–Crippen LogP) is 0.531. The van der Waals surface area contributed by atoms with E-state index in [1.807, 2.05) is 6.07 Å². The Bertz CT molecular complexity index is 832. The van der Waals surface area contributed by atoms with Gasteiger partial charge in [0.2, 0.25) is 10.0 Å². The molecule has 0 amide bonds. The minimum atomic E-state index is -3.53. The zero-order chi connectivity index (χ0) is 16.3. The first-order chi connectivity index (χ1) is 10.4. The quantitative estimate of drug-likeness (QED) is 0.744. The molecule has 8 nitrogen and oxygen atoms in total. The fourth-order valence-corrected chi connectivity index (χ4v) is 2.78. The lowest BCUT2D eigenvalue weighted by Crippen LogP contribution is -2.22. The minimum Gasteiger partial charge on any atom is -0.296 e. The monoisotopic (exact) mass is 319 g/mol. The van der Waals surface area contributed by atoms with Crippen LogP contribution in [0.25, 0.3) is 11.3 Å². The zero-order valence-corrected chi connectivity index (χ0v) is 12.8. The van der Waals surface area contributed by atoms with Crippen molar-refractivity contribution in [3.8, 4) is 17.3 Å². The van der Waals surface area contributed by atoms with E-state index in [2.05, 4.69) is 10.3 Å². The van der Waals surface area contributed by atoms with E-state index in [-0.39, 0.29) is 17.1 Å². The third kappa shape index (κ3) is 2.74. The number of rotatable bonds is 5. The van der Waals surface area contributed by atoms with Crippen LogP contribution in [0.4, 0.5) is 0 Å². The number of hydrogen-bond donors (Lipinski definition) is 0. The summed E-state index contributed by atoms with van der Waals surface area (Å²) in [6.07, 6.45) is 0.542. The molecule has 22 heavy (non-hydrogen) atoms. The van der Waals surface area contributed by atoms with Crippen LogP contribution >= 0.6 is 0 Å². The molecule has 2 rings (SSSR count). The summed E-state index contributed by atoms with van der Waals surface area (Å²) in [6.45, 7) is -0.0616. The maximum Gasteiger partial charge on any atom is 0.242 e. The second kappa shape index (κ2) is 6.05. The van der Waals surface area contributed by atoms with Gasteiger partial charge in [0.25, 0.3) is 0 Å². The van der Waals surface area contributed by atoms with Crippen LogP contribution in [0.15, 0.2) is 29.2 Å². The summed E-state index contributed by atoms with van der Waals surface area (Å²) in [5, 5.41) is 16.2. The lowest BCUT2D eigenvalue weighted by Gasteiger charge is -2.11. The summed E-state index contributed by atoms with van der Waals surface area (Å²) in [5.74, 6) is 0. The molecule has 0 saturated carbocycles. The Balaban J connectivity index is 2.51. The number of nitrogens with zero attached hydrogens (tertiary/aromatic N) is 5. The smallest absolute Gasteiger partial charge is 0.242 e. The average molecular weight is 319 g/mol. The number of nitriles is 1. The fraction of sp³-hybridized carbons (Fsp3) is 0.231. The summed E-state index contributed by atoms with van der Waals surface area (Å²) >= 11 is 0. The van der Waals surface area contributed by atoms with Crippen LogP contribution in [0.2, 0.25) is 0 Å². The Kier molecular flexibility index (Phi) is 4.35. The van der Waals surface area contributed by atoms with E-state index in [0.717, 1.165) is 4.31 Å². The molecule has 0 N–H and O–H groups in total. The third-order valence-corrected chi connectivity index (χ3v) is 4.83. The normalized spacial score (nSPS) is 11.4. The molecule has 0 fully saturated rings. The number of carbonyl (C=O) groups is 1. The van der Waals surface area contributed by atoms with Crippen LogP contribution < -0.4 is 0 Å². The van der Waals surface area contributed by atoms with Crippen molar-refractivity contribution in [2.75, 3.05) is 14.1 Å². The van der Waals surface area contributed by atoms with Gasteiger partial charge in [0.05, 0.1) is 11.0 Å². The van der Waals surface area contributed by atoms with Gasteiger partial charge in [-0.05, 0) is 12.1 Å². The van der Waals surface area contributed by atoms with Crippen molar-refractivity contribution in [1.29, 1.82) is 5.26 Å². The van der Waals surface area contributed by atoms with Crippen LogP contribution in [0, 0.1) is 11.3 Å². The molecule has 0 spiro atoms. The maximum atomic E-state index is 12.0. The first-order valence-corrected chi connectivity index (χ1v) is 7.64. The molecule has 1 heterocycles. The van der Waals surface area contributed by atoms with Gasteiger partial charge in [-0.15, -0.1) is 5.10 Å². The Morgan fingerprint density at radius 3 is 2.45 bits per heavy atom. The Morgan fingerprint density at radius 1 is 1.32 bits per heavy atom. The maximum absolute atomic E-state index is 12.0. The van der Waals surface area contributed by atoms with Crippen molar-refractivity contribution in [3.63, 3.8) is 0 Å². The first-order valence-electron chi connectivity index (χ1n) is 6.20. The molecule has 0 unspecified atom stereocenters. The van der Waals surface area contributed by atoms with E-state index < -0.39 is 10.0 Å². The fourth-order valence-electron chi connectivity index (χ4n) is 1.88. The van der Waals surface area contributed by atoms with Gasteiger partial charge in [0.1, 0.15) is 12.2 Å². The SMILES string of the molecule is CN(C)S(=O)(=O)c1ccc(-c2c(C=O)nnn2CC#N)cc1. The van der Waals surface area contributed by atoms with Gasteiger partial charge in [-0.25, -0.2) is 17.4 Å². The van der Waals surface area contributed by atoms with Crippen molar-refractivity contribution in [2.24, 2.45) is 0 Å². The van der Waals surface area contributed by atoms with Gasteiger partial charge in [0, 0.05) is 19.7 Å². The van der Waals surface area contributed by atoms with E-state index in [0.29, 0.717) is 17.5 Å². The van der Waals surface area contributed by atoms with Gasteiger partial charge in [-0.1, -0.05) is 17.3 Å². The molecule has 1 aromatic heterocycles. The lowest BCUT2D eigenvalue weighted by atomic mass is 10.1. The van der Waals surface area contributed by atoms with Crippen LogP contribution in [-0.2, 0) is 16.6 Å². The van der Waals surface area contributed by atoms with Crippen molar-refractivity contribution in [1.82, 2.24) is 19.3 Å². The number of benzene rings is 1. The number of aromatic nitrogens is 3. The molecule has 0 saturated heterocycles. The van der Waals surface area contributed by atoms with E-state index >= 15 is 0 Å². The van der Waals surface area contributed by atoms with Crippen molar-refractivity contribution < 1.29 is 13.2 Å². The average Bonchev–Trinajstić information content (AvgIpc) is 2.90. The summed E-state index contributed by atoms with van der Waals surface area (Å²) in [4.78, 5) is 11.2.